The summed E-state index contributed by atoms with van der Waals surface area (Å²) < 4.78 is 5.41. The SMILES string of the molecule is CCOc1ccc(C(C)NC(=O)/C=C/c2ccccc2)cc1. The number of hydrogen-bond donors (Lipinski definition) is 1. The number of nitrogens with one attached hydrogen (secondary N) is 1. The molecule has 1 N–H and O–H groups in total. The molecule has 2 aromatic carbocycles. The molecule has 1 unspecified atom stereocenters. The lowest BCUT2D eigenvalue weighted by Gasteiger charge is -2.13. The Morgan fingerprint density at radius 3 is 2.45 bits per heavy atom. The fourth-order valence-electron chi connectivity index (χ4n) is 2.10. The maximum atomic E-state index is 11.9. The summed E-state index contributed by atoms with van der Waals surface area (Å²) in [6.45, 7) is 4.57. The van der Waals surface area contributed by atoms with Gasteiger partial charge in [0.2, 0.25) is 5.91 Å². The quantitative estimate of drug-likeness (QED) is 0.819. The van der Waals surface area contributed by atoms with E-state index in [-0.39, 0.29) is 11.9 Å². The Hall–Kier alpha value is -2.55. The van der Waals surface area contributed by atoms with Crippen LogP contribution in [0.15, 0.2) is 60.7 Å². The third-order valence-corrected chi connectivity index (χ3v) is 3.28. The molecule has 0 aliphatic heterocycles. The first-order valence-corrected chi connectivity index (χ1v) is 7.45. The molecule has 0 spiro atoms. The molecule has 0 aliphatic rings. The summed E-state index contributed by atoms with van der Waals surface area (Å²) in [6.07, 6.45) is 3.36. The summed E-state index contributed by atoms with van der Waals surface area (Å²) in [4.78, 5) is 11.9. The monoisotopic (exact) mass is 295 g/mol. The number of carbonyl (C=O) groups excluding carboxylic acids is 1. The van der Waals surface area contributed by atoms with Crippen molar-refractivity contribution in [3.8, 4) is 5.75 Å². The van der Waals surface area contributed by atoms with Crippen LogP contribution >= 0.6 is 0 Å². The fraction of sp³-hybridized carbons (Fsp3) is 0.211. The molecule has 0 aliphatic carbocycles. The molecule has 114 valence electrons. The number of ether oxygens (including phenoxy) is 1. The zero-order valence-corrected chi connectivity index (χ0v) is 13.0. The van der Waals surface area contributed by atoms with E-state index in [4.69, 9.17) is 4.74 Å². The first-order valence-electron chi connectivity index (χ1n) is 7.45. The second kappa shape index (κ2) is 8.03. The first kappa shape index (κ1) is 15.8. The van der Waals surface area contributed by atoms with Crippen LogP contribution in [0.25, 0.3) is 6.08 Å². The van der Waals surface area contributed by atoms with Gasteiger partial charge in [0.25, 0.3) is 0 Å². The molecular weight excluding hydrogens is 274 g/mol. The van der Waals surface area contributed by atoms with E-state index < -0.39 is 0 Å². The highest BCUT2D eigenvalue weighted by Gasteiger charge is 2.07. The molecule has 1 atom stereocenters. The highest BCUT2D eigenvalue weighted by Crippen LogP contribution is 2.17. The zero-order chi connectivity index (χ0) is 15.8. The number of hydrogen-bond acceptors (Lipinski definition) is 2. The molecule has 2 aromatic rings. The van der Waals surface area contributed by atoms with Gasteiger partial charge in [-0.1, -0.05) is 42.5 Å². The maximum Gasteiger partial charge on any atom is 0.244 e. The molecule has 0 heterocycles. The Balaban J connectivity index is 1.92. The van der Waals surface area contributed by atoms with Crippen molar-refractivity contribution in [2.45, 2.75) is 19.9 Å². The molecule has 0 bridgehead atoms. The Morgan fingerprint density at radius 2 is 1.82 bits per heavy atom. The lowest BCUT2D eigenvalue weighted by Crippen LogP contribution is -2.24. The molecule has 0 aromatic heterocycles. The average Bonchev–Trinajstić information content (AvgIpc) is 2.55. The van der Waals surface area contributed by atoms with Crippen molar-refractivity contribution in [2.75, 3.05) is 6.61 Å². The van der Waals surface area contributed by atoms with Crippen LogP contribution in [0.1, 0.15) is 31.0 Å². The van der Waals surface area contributed by atoms with Gasteiger partial charge in [-0.25, -0.2) is 0 Å². The Bertz CT molecular complexity index is 618. The summed E-state index contributed by atoms with van der Waals surface area (Å²) in [5.74, 6) is 0.735. The minimum Gasteiger partial charge on any atom is -0.494 e. The van der Waals surface area contributed by atoms with Gasteiger partial charge in [0.05, 0.1) is 12.6 Å². The number of rotatable bonds is 6. The van der Waals surface area contributed by atoms with Crippen molar-refractivity contribution in [3.05, 3.63) is 71.8 Å². The van der Waals surface area contributed by atoms with Gasteiger partial charge in [-0.05, 0) is 43.2 Å². The topological polar surface area (TPSA) is 38.3 Å². The summed E-state index contributed by atoms with van der Waals surface area (Å²) in [5, 5.41) is 2.95. The van der Waals surface area contributed by atoms with Crippen molar-refractivity contribution in [2.24, 2.45) is 0 Å². The van der Waals surface area contributed by atoms with Gasteiger partial charge >= 0.3 is 0 Å². The van der Waals surface area contributed by atoms with Crippen LogP contribution in [0, 0.1) is 0 Å². The van der Waals surface area contributed by atoms with Gasteiger partial charge in [-0.2, -0.15) is 0 Å². The van der Waals surface area contributed by atoms with E-state index in [2.05, 4.69) is 5.32 Å². The van der Waals surface area contributed by atoms with Crippen LogP contribution < -0.4 is 10.1 Å². The lowest BCUT2D eigenvalue weighted by molar-refractivity contribution is -0.117. The summed E-state index contributed by atoms with van der Waals surface area (Å²) >= 11 is 0. The van der Waals surface area contributed by atoms with Crippen molar-refractivity contribution in [1.29, 1.82) is 0 Å². The number of carbonyl (C=O) groups is 1. The third-order valence-electron chi connectivity index (χ3n) is 3.28. The lowest BCUT2D eigenvalue weighted by atomic mass is 10.1. The highest BCUT2D eigenvalue weighted by molar-refractivity contribution is 5.91. The second-order valence-electron chi connectivity index (χ2n) is 4.98. The minimum atomic E-state index is -0.106. The normalized spacial score (nSPS) is 12.1. The summed E-state index contributed by atoms with van der Waals surface area (Å²) in [5.41, 5.74) is 2.05. The molecule has 2 rings (SSSR count). The van der Waals surface area contributed by atoms with Gasteiger partial charge in [-0.3, -0.25) is 4.79 Å². The van der Waals surface area contributed by atoms with Crippen LogP contribution in [0.4, 0.5) is 0 Å². The standard InChI is InChI=1S/C19H21NO2/c1-3-22-18-12-10-17(11-13-18)15(2)20-19(21)14-9-16-7-5-4-6-8-16/h4-15H,3H2,1-2H3,(H,20,21)/b14-9+. The van der Waals surface area contributed by atoms with E-state index in [0.717, 1.165) is 16.9 Å². The Labute approximate surface area is 131 Å². The van der Waals surface area contributed by atoms with Crippen LogP contribution in [-0.4, -0.2) is 12.5 Å². The second-order valence-corrected chi connectivity index (χ2v) is 4.98. The smallest absolute Gasteiger partial charge is 0.244 e. The number of amides is 1. The van der Waals surface area contributed by atoms with Gasteiger partial charge in [0.1, 0.15) is 5.75 Å². The molecular formula is C19H21NO2. The molecule has 0 fully saturated rings. The van der Waals surface area contributed by atoms with Crippen LogP contribution in [0.2, 0.25) is 0 Å². The van der Waals surface area contributed by atoms with Crippen molar-refractivity contribution >= 4 is 12.0 Å². The van der Waals surface area contributed by atoms with Gasteiger partial charge in [-0.15, -0.1) is 0 Å². The van der Waals surface area contributed by atoms with Crippen LogP contribution in [0.3, 0.4) is 0 Å². The summed E-state index contributed by atoms with van der Waals surface area (Å²) in [6, 6.07) is 17.5. The van der Waals surface area contributed by atoms with E-state index in [0.29, 0.717) is 6.61 Å². The molecule has 3 nitrogen and oxygen atoms in total. The highest BCUT2D eigenvalue weighted by atomic mass is 16.5. The predicted molar refractivity (Wildman–Crippen MR) is 89.6 cm³/mol. The van der Waals surface area contributed by atoms with Crippen molar-refractivity contribution < 1.29 is 9.53 Å². The number of benzene rings is 2. The van der Waals surface area contributed by atoms with Crippen molar-refractivity contribution in [3.63, 3.8) is 0 Å². The van der Waals surface area contributed by atoms with Crippen LogP contribution in [0.5, 0.6) is 5.75 Å². The minimum absolute atomic E-state index is 0.0522. The molecule has 0 saturated heterocycles. The maximum absolute atomic E-state index is 11.9. The molecule has 0 radical (unpaired) electrons. The van der Waals surface area contributed by atoms with E-state index >= 15 is 0 Å². The van der Waals surface area contributed by atoms with Crippen LogP contribution in [-0.2, 0) is 4.79 Å². The van der Waals surface area contributed by atoms with E-state index in [1.54, 1.807) is 12.2 Å². The molecule has 3 heteroatoms. The van der Waals surface area contributed by atoms with E-state index in [1.807, 2.05) is 68.4 Å². The third kappa shape index (κ3) is 4.77. The Morgan fingerprint density at radius 1 is 1.14 bits per heavy atom. The van der Waals surface area contributed by atoms with E-state index in [9.17, 15) is 4.79 Å². The summed E-state index contributed by atoms with van der Waals surface area (Å²) in [7, 11) is 0. The van der Waals surface area contributed by atoms with E-state index in [1.165, 1.54) is 0 Å². The molecule has 1 amide bonds. The van der Waals surface area contributed by atoms with Gasteiger partial charge in [0, 0.05) is 6.08 Å². The molecule has 22 heavy (non-hydrogen) atoms. The molecule has 0 saturated carbocycles. The van der Waals surface area contributed by atoms with Crippen molar-refractivity contribution in [1.82, 2.24) is 5.32 Å². The largest absolute Gasteiger partial charge is 0.494 e. The average molecular weight is 295 g/mol. The fourth-order valence-corrected chi connectivity index (χ4v) is 2.10. The first-order chi connectivity index (χ1) is 10.7. The predicted octanol–water partition coefficient (Wildman–Crippen LogP) is 3.98. The Kier molecular flexibility index (Phi) is 5.78. The van der Waals surface area contributed by atoms with Gasteiger partial charge < -0.3 is 10.1 Å². The zero-order valence-electron chi connectivity index (χ0n) is 13.0. The van der Waals surface area contributed by atoms with Gasteiger partial charge in [0.15, 0.2) is 0 Å².